The van der Waals surface area contributed by atoms with Crippen molar-refractivity contribution in [3.05, 3.63) is 64.6 Å². The maximum absolute atomic E-state index is 12.3. The number of rotatable bonds is 9. The monoisotopic (exact) mass is 441 g/mol. The zero-order valence-electron chi connectivity index (χ0n) is 17.6. The number of amides is 1. The Morgan fingerprint density at radius 3 is 2.37 bits per heavy atom. The maximum atomic E-state index is 12.3. The molecule has 0 saturated carbocycles. The fourth-order valence-electron chi connectivity index (χ4n) is 3.08. The third kappa shape index (κ3) is 5.43. The van der Waals surface area contributed by atoms with Crippen LogP contribution in [-0.2, 0) is 4.79 Å². The van der Waals surface area contributed by atoms with Gasteiger partial charge in [-0.05, 0) is 36.1 Å². The van der Waals surface area contributed by atoms with Gasteiger partial charge in [0.05, 0.1) is 18.1 Å². The van der Waals surface area contributed by atoms with E-state index >= 15 is 0 Å². The number of benzene rings is 2. The number of thioether (sulfide) groups is 1. The molecule has 1 heterocycles. The van der Waals surface area contributed by atoms with Crippen molar-refractivity contribution < 1.29 is 14.3 Å². The minimum atomic E-state index is -0.0758. The molecule has 1 aliphatic rings. The van der Waals surface area contributed by atoms with Gasteiger partial charge in [0, 0.05) is 19.0 Å². The Kier molecular flexibility index (Phi) is 7.94. The van der Waals surface area contributed by atoms with Crippen LogP contribution in [0.5, 0.6) is 11.5 Å². The number of carbonyl (C=O) groups excluding carboxylic acids is 1. The Balaban J connectivity index is 1.56. The predicted octanol–water partition coefficient (Wildman–Crippen LogP) is 5.88. The molecule has 6 heteroatoms. The smallest absolute Gasteiger partial charge is 0.265 e. The van der Waals surface area contributed by atoms with Gasteiger partial charge >= 0.3 is 0 Å². The lowest BCUT2D eigenvalue weighted by atomic mass is 9.98. The fourth-order valence-corrected chi connectivity index (χ4v) is 4.25. The highest BCUT2D eigenvalue weighted by Gasteiger charge is 2.28. The highest BCUT2D eigenvalue weighted by molar-refractivity contribution is 8.26. The van der Waals surface area contributed by atoms with E-state index in [0.29, 0.717) is 28.4 Å². The molecule has 2 aromatic carbocycles. The molecule has 0 spiro atoms. The summed E-state index contributed by atoms with van der Waals surface area (Å²) in [4.78, 5) is 14.4. The Bertz CT molecular complexity index is 942. The van der Waals surface area contributed by atoms with Gasteiger partial charge in [-0.2, -0.15) is 0 Å². The molecule has 1 fully saturated rings. The second-order valence-electron chi connectivity index (χ2n) is 7.18. The van der Waals surface area contributed by atoms with Crippen molar-refractivity contribution in [2.75, 3.05) is 20.3 Å². The van der Waals surface area contributed by atoms with Crippen LogP contribution in [0.1, 0.15) is 43.7 Å². The second-order valence-corrected chi connectivity index (χ2v) is 8.85. The summed E-state index contributed by atoms with van der Waals surface area (Å²) in [6.07, 6.45) is 3.69. The Morgan fingerprint density at radius 2 is 1.70 bits per heavy atom. The summed E-state index contributed by atoms with van der Waals surface area (Å²) in [5.41, 5.74) is 2.12. The average Bonchev–Trinajstić information content (AvgIpc) is 3.01. The minimum Gasteiger partial charge on any atom is -0.493 e. The number of para-hydroxylation sites is 2. The molecular weight excluding hydrogens is 414 g/mol. The van der Waals surface area contributed by atoms with Gasteiger partial charge in [0.2, 0.25) is 0 Å². The van der Waals surface area contributed by atoms with E-state index in [1.165, 1.54) is 22.2 Å². The standard InChI is InChI=1S/C24H27NO3S2/c1-4-17(2)19-11-6-8-13-21(19)28-15-9-14-27-20-12-7-5-10-18(20)16-22-23(26)25(3)24(29)30-22/h5-8,10-13,16-17H,4,9,14-15H2,1-3H3. The zero-order chi connectivity index (χ0) is 21.5. The van der Waals surface area contributed by atoms with Crippen LogP contribution >= 0.6 is 24.0 Å². The topological polar surface area (TPSA) is 38.8 Å². The van der Waals surface area contributed by atoms with Gasteiger partial charge in [0.25, 0.3) is 5.91 Å². The van der Waals surface area contributed by atoms with Gasteiger partial charge in [-0.3, -0.25) is 9.69 Å². The molecular formula is C24H27NO3S2. The molecule has 0 aliphatic carbocycles. The first-order chi connectivity index (χ1) is 14.5. The lowest BCUT2D eigenvalue weighted by molar-refractivity contribution is -0.121. The van der Waals surface area contributed by atoms with Crippen molar-refractivity contribution in [2.24, 2.45) is 0 Å². The molecule has 3 rings (SSSR count). The molecule has 1 unspecified atom stereocenters. The largest absolute Gasteiger partial charge is 0.493 e. The van der Waals surface area contributed by atoms with E-state index < -0.39 is 0 Å². The first-order valence-electron chi connectivity index (χ1n) is 10.2. The highest BCUT2D eigenvalue weighted by Crippen LogP contribution is 2.33. The molecule has 0 bridgehead atoms. The van der Waals surface area contributed by atoms with Gasteiger partial charge in [-0.15, -0.1) is 0 Å². The van der Waals surface area contributed by atoms with Crippen LogP contribution in [0.3, 0.4) is 0 Å². The summed E-state index contributed by atoms with van der Waals surface area (Å²) in [6, 6.07) is 15.9. The number of hydrogen-bond donors (Lipinski definition) is 0. The van der Waals surface area contributed by atoms with Gasteiger partial charge in [-0.1, -0.05) is 74.2 Å². The Hall–Kier alpha value is -2.31. The van der Waals surface area contributed by atoms with E-state index in [9.17, 15) is 4.79 Å². The van der Waals surface area contributed by atoms with Gasteiger partial charge in [0.1, 0.15) is 15.8 Å². The lowest BCUT2D eigenvalue weighted by Gasteiger charge is -2.16. The van der Waals surface area contributed by atoms with Crippen molar-refractivity contribution in [3.63, 3.8) is 0 Å². The first kappa shape index (κ1) is 22.4. The molecule has 1 amide bonds. The number of thiocarbonyl (C=S) groups is 1. The molecule has 1 atom stereocenters. The summed E-state index contributed by atoms with van der Waals surface area (Å²) in [5.74, 6) is 2.10. The van der Waals surface area contributed by atoms with E-state index in [1.54, 1.807) is 7.05 Å². The second kappa shape index (κ2) is 10.6. The molecule has 0 N–H and O–H groups in total. The molecule has 0 aromatic heterocycles. The lowest BCUT2D eigenvalue weighted by Crippen LogP contribution is -2.22. The van der Waals surface area contributed by atoms with Crippen LogP contribution < -0.4 is 9.47 Å². The summed E-state index contributed by atoms with van der Waals surface area (Å²) in [7, 11) is 1.69. The van der Waals surface area contributed by atoms with E-state index in [4.69, 9.17) is 21.7 Å². The number of nitrogens with zero attached hydrogens (tertiary/aromatic N) is 1. The van der Waals surface area contributed by atoms with Gasteiger partial charge in [0.15, 0.2) is 0 Å². The van der Waals surface area contributed by atoms with Crippen LogP contribution in [0.25, 0.3) is 6.08 Å². The van der Waals surface area contributed by atoms with Gasteiger partial charge in [-0.25, -0.2) is 0 Å². The van der Waals surface area contributed by atoms with Gasteiger partial charge < -0.3 is 9.47 Å². The van der Waals surface area contributed by atoms with Crippen LogP contribution in [0.15, 0.2) is 53.4 Å². The van der Waals surface area contributed by atoms with Crippen LogP contribution in [0, 0.1) is 0 Å². The first-order valence-corrected chi connectivity index (χ1v) is 11.4. The third-order valence-electron chi connectivity index (χ3n) is 5.06. The Labute approximate surface area is 188 Å². The van der Waals surface area contributed by atoms with Crippen molar-refractivity contribution in [2.45, 2.75) is 32.6 Å². The van der Waals surface area contributed by atoms with Crippen LogP contribution in [0.2, 0.25) is 0 Å². The van der Waals surface area contributed by atoms with E-state index in [1.807, 2.05) is 42.5 Å². The van der Waals surface area contributed by atoms with Crippen LogP contribution in [0.4, 0.5) is 0 Å². The molecule has 0 radical (unpaired) electrons. The van der Waals surface area contributed by atoms with Crippen molar-refractivity contribution in [1.29, 1.82) is 0 Å². The zero-order valence-corrected chi connectivity index (χ0v) is 19.2. The maximum Gasteiger partial charge on any atom is 0.265 e. The van der Waals surface area contributed by atoms with E-state index in [0.717, 1.165) is 29.9 Å². The SMILES string of the molecule is CCC(C)c1ccccc1OCCCOc1ccccc1C=C1SC(=S)N(C)C1=O. The quantitative estimate of drug-likeness (QED) is 0.276. The minimum absolute atomic E-state index is 0.0758. The molecule has 1 saturated heterocycles. The summed E-state index contributed by atoms with van der Waals surface area (Å²) < 4.78 is 12.6. The molecule has 4 nitrogen and oxygen atoms in total. The summed E-state index contributed by atoms with van der Waals surface area (Å²) in [5, 5.41) is 0. The van der Waals surface area contributed by atoms with E-state index in [2.05, 4.69) is 26.0 Å². The third-order valence-corrected chi connectivity index (χ3v) is 6.54. The van der Waals surface area contributed by atoms with Crippen molar-refractivity contribution >= 4 is 40.3 Å². The Morgan fingerprint density at radius 1 is 1.07 bits per heavy atom. The van der Waals surface area contributed by atoms with Crippen LogP contribution in [-0.4, -0.2) is 35.4 Å². The predicted molar refractivity (Wildman–Crippen MR) is 128 cm³/mol. The van der Waals surface area contributed by atoms with Crippen molar-refractivity contribution in [3.8, 4) is 11.5 Å². The van der Waals surface area contributed by atoms with E-state index in [-0.39, 0.29) is 5.91 Å². The normalized spacial score (nSPS) is 16.2. The molecule has 2 aromatic rings. The summed E-state index contributed by atoms with van der Waals surface area (Å²) in [6.45, 7) is 5.52. The fraction of sp³-hybridized carbons (Fsp3) is 0.333. The molecule has 30 heavy (non-hydrogen) atoms. The number of hydrogen-bond acceptors (Lipinski definition) is 5. The number of ether oxygens (including phenoxy) is 2. The average molecular weight is 442 g/mol. The molecule has 1 aliphatic heterocycles. The number of likely N-dealkylation sites (N-methyl/N-ethyl adjacent to an activating group) is 1. The number of carbonyl (C=O) groups is 1. The summed E-state index contributed by atoms with van der Waals surface area (Å²) >= 11 is 6.51. The van der Waals surface area contributed by atoms with Crippen molar-refractivity contribution in [1.82, 2.24) is 4.90 Å². The molecule has 158 valence electrons. The highest BCUT2D eigenvalue weighted by atomic mass is 32.2.